The number of ether oxygens (including phenoxy) is 1. The Bertz CT molecular complexity index is 830. The quantitative estimate of drug-likeness (QED) is 0.889. The maximum absolute atomic E-state index is 12.5. The number of carbonyl (C=O) groups is 1. The highest BCUT2D eigenvalue weighted by atomic mass is 16.5. The Kier molecular flexibility index (Phi) is 5.68. The number of amides is 2. The fourth-order valence-electron chi connectivity index (χ4n) is 2.98. The van der Waals surface area contributed by atoms with Crippen LogP contribution in [0.2, 0.25) is 0 Å². The van der Waals surface area contributed by atoms with Crippen molar-refractivity contribution in [1.29, 1.82) is 0 Å². The van der Waals surface area contributed by atoms with Gasteiger partial charge in [0.05, 0.1) is 18.8 Å². The lowest BCUT2D eigenvalue weighted by molar-refractivity contribution is 0.180. The van der Waals surface area contributed by atoms with Crippen LogP contribution in [-0.2, 0) is 30.7 Å². The Morgan fingerprint density at radius 2 is 2.08 bits per heavy atom. The highest BCUT2D eigenvalue weighted by Gasteiger charge is 2.23. The first-order valence-corrected chi connectivity index (χ1v) is 8.84. The molecule has 138 valence electrons. The van der Waals surface area contributed by atoms with E-state index in [2.05, 4.69) is 17.3 Å². The number of aryl methyl sites for hydroxylation is 1. The van der Waals surface area contributed by atoms with E-state index in [1.165, 1.54) is 10.2 Å². The molecule has 1 aromatic heterocycles. The SMILES string of the molecule is CCc1ccc(NC(=O)N2CCc3nn(CCOC)c(=O)cc3C2)cc1. The van der Waals surface area contributed by atoms with Gasteiger partial charge < -0.3 is 15.0 Å². The van der Waals surface area contributed by atoms with Gasteiger partial charge in [-0.1, -0.05) is 19.1 Å². The number of benzene rings is 1. The topological polar surface area (TPSA) is 76.5 Å². The number of hydrogen-bond donors (Lipinski definition) is 1. The third-order valence-electron chi connectivity index (χ3n) is 4.55. The number of aromatic nitrogens is 2. The van der Waals surface area contributed by atoms with E-state index in [9.17, 15) is 9.59 Å². The lowest BCUT2D eigenvalue weighted by Crippen LogP contribution is -2.40. The number of nitrogens with one attached hydrogen (secondary N) is 1. The number of anilines is 1. The summed E-state index contributed by atoms with van der Waals surface area (Å²) < 4.78 is 6.43. The molecule has 1 aromatic carbocycles. The molecule has 1 aliphatic heterocycles. The first kappa shape index (κ1) is 18.1. The van der Waals surface area contributed by atoms with Crippen LogP contribution in [0.15, 0.2) is 35.1 Å². The minimum absolute atomic E-state index is 0.163. The highest BCUT2D eigenvalue weighted by molar-refractivity contribution is 5.89. The van der Waals surface area contributed by atoms with E-state index in [-0.39, 0.29) is 11.6 Å². The van der Waals surface area contributed by atoms with Crippen LogP contribution in [0.1, 0.15) is 23.7 Å². The van der Waals surface area contributed by atoms with Gasteiger partial charge in [-0.2, -0.15) is 5.10 Å². The van der Waals surface area contributed by atoms with Gasteiger partial charge in [0.1, 0.15) is 0 Å². The minimum Gasteiger partial charge on any atom is -0.383 e. The second kappa shape index (κ2) is 8.14. The molecule has 2 heterocycles. The molecule has 1 aliphatic rings. The maximum Gasteiger partial charge on any atom is 0.322 e. The largest absolute Gasteiger partial charge is 0.383 e. The third kappa shape index (κ3) is 4.11. The predicted octanol–water partition coefficient (Wildman–Crippen LogP) is 2.04. The lowest BCUT2D eigenvalue weighted by Gasteiger charge is -2.28. The molecule has 0 unspecified atom stereocenters. The van der Waals surface area contributed by atoms with Crippen molar-refractivity contribution >= 4 is 11.7 Å². The summed E-state index contributed by atoms with van der Waals surface area (Å²) in [6, 6.07) is 9.24. The van der Waals surface area contributed by atoms with Crippen molar-refractivity contribution in [1.82, 2.24) is 14.7 Å². The Hall–Kier alpha value is -2.67. The molecule has 0 bridgehead atoms. The van der Waals surface area contributed by atoms with Crippen LogP contribution in [0, 0.1) is 0 Å². The van der Waals surface area contributed by atoms with E-state index >= 15 is 0 Å². The number of hydrogen-bond acceptors (Lipinski definition) is 4. The number of carbonyl (C=O) groups excluding carboxylic acids is 1. The molecule has 0 atom stereocenters. The summed E-state index contributed by atoms with van der Waals surface area (Å²) in [6.45, 7) is 3.93. The van der Waals surface area contributed by atoms with E-state index in [0.717, 1.165) is 23.4 Å². The molecule has 0 saturated carbocycles. The second-order valence-electron chi connectivity index (χ2n) is 6.32. The van der Waals surface area contributed by atoms with E-state index in [4.69, 9.17) is 4.74 Å². The van der Waals surface area contributed by atoms with Crippen molar-refractivity contribution in [3.05, 3.63) is 57.5 Å². The molecule has 0 fully saturated rings. The number of urea groups is 1. The van der Waals surface area contributed by atoms with Crippen LogP contribution in [0.4, 0.5) is 10.5 Å². The van der Waals surface area contributed by atoms with E-state index in [1.807, 2.05) is 24.3 Å². The monoisotopic (exact) mass is 356 g/mol. The summed E-state index contributed by atoms with van der Waals surface area (Å²) in [5.74, 6) is 0. The first-order valence-electron chi connectivity index (χ1n) is 8.84. The van der Waals surface area contributed by atoms with Crippen LogP contribution in [0.25, 0.3) is 0 Å². The zero-order chi connectivity index (χ0) is 18.5. The molecule has 2 amide bonds. The maximum atomic E-state index is 12.5. The Balaban J connectivity index is 1.68. The van der Waals surface area contributed by atoms with Crippen molar-refractivity contribution in [2.24, 2.45) is 0 Å². The summed E-state index contributed by atoms with van der Waals surface area (Å²) in [7, 11) is 1.59. The second-order valence-corrected chi connectivity index (χ2v) is 6.32. The fourth-order valence-corrected chi connectivity index (χ4v) is 2.98. The fraction of sp³-hybridized carbons (Fsp3) is 0.421. The highest BCUT2D eigenvalue weighted by Crippen LogP contribution is 2.17. The Labute approximate surface area is 152 Å². The number of fused-ring (bicyclic) bond motifs is 1. The summed E-state index contributed by atoms with van der Waals surface area (Å²) in [6.07, 6.45) is 1.59. The minimum atomic E-state index is -0.168. The summed E-state index contributed by atoms with van der Waals surface area (Å²) in [4.78, 5) is 26.4. The zero-order valence-electron chi connectivity index (χ0n) is 15.2. The number of rotatable bonds is 5. The molecule has 2 aromatic rings. The Morgan fingerprint density at radius 3 is 2.77 bits per heavy atom. The normalized spacial score (nSPS) is 13.4. The molecule has 0 aliphatic carbocycles. The van der Waals surface area contributed by atoms with Gasteiger partial charge in [-0.25, -0.2) is 9.48 Å². The van der Waals surface area contributed by atoms with E-state index < -0.39 is 0 Å². The third-order valence-corrected chi connectivity index (χ3v) is 4.55. The van der Waals surface area contributed by atoms with Gasteiger partial charge in [-0.15, -0.1) is 0 Å². The van der Waals surface area contributed by atoms with Crippen LogP contribution >= 0.6 is 0 Å². The molecule has 1 N–H and O–H groups in total. The summed E-state index contributed by atoms with van der Waals surface area (Å²) in [5, 5.41) is 7.33. The molecule has 0 saturated heterocycles. The smallest absolute Gasteiger partial charge is 0.322 e. The molecule has 3 rings (SSSR count). The molecule has 0 spiro atoms. The summed E-state index contributed by atoms with van der Waals surface area (Å²) >= 11 is 0. The molecular formula is C19H24N4O3. The van der Waals surface area contributed by atoms with E-state index in [1.54, 1.807) is 18.1 Å². The van der Waals surface area contributed by atoms with Gasteiger partial charge >= 0.3 is 6.03 Å². The van der Waals surface area contributed by atoms with Crippen molar-refractivity contribution in [3.63, 3.8) is 0 Å². The average molecular weight is 356 g/mol. The predicted molar refractivity (Wildman–Crippen MR) is 99.3 cm³/mol. The number of methoxy groups -OCH3 is 1. The van der Waals surface area contributed by atoms with Gasteiger partial charge in [-0.3, -0.25) is 4.79 Å². The van der Waals surface area contributed by atoms with Gasteiger partial charge in [0.25, 0.3) is 5.56 Å². The lowest BCUT2D eigenvalue weighted by atomic mass is 10.1. The van der Waals surface area contributed by atoms with Gasteiger partial charge in [0.15, 0.2) is 0 Å². The van der Waals surface area contributed by atoms with Crippen molar-refractivity contribution in [3.8, 4) is 0 Å². The molecule has 7 heteroatoms. The zero-order valence-corrected chi connectivity index (χ0v) is 15.2. The average Bonchev–Trinajstić information content (AvgIpc) is 2.66. The Morgan fingerprint density at radius 1 is 1.31 bits per heavy atom. The van der Waals surface area contributed by atoms with Crippen molar-refractivity contribution in [2.75, 3.05) is 25.6 Å². The first-order chi connectivity index (χ1) is 12.6. The molecule has 0 radical (unpaired) electrons. The summed E-state index contributed by atoms with van der Waals surface area (Å²) in [5.41, 5.74) is 3.51. The van der Waals surface area contributed by atoms with E-state index in [0.29, 0.717) is 32.7 Å². The van der Waals surface area contributed by atoms with Crippen LogP contribution < -0.4 is 10.9 Å². The standard InChI is InChI=1S/C19H24N4O3/c1-3-14-4-6-16(7-5-14)20-19(25)22-9-8-17-15(13-22)12-18(24)23(21-17)10-11-26-2/h4-7,12H,3,8-11,13H2,1-2H3,(H,20,25). The van der Waals surface area contributed by atoms with Gasteiger partial charge in [0, 0.05) is 43.9 Å². The van der Waals surface area contributed by atoms with Crippen LogP contribution in [-0.4, -0.2) is 41.0 Å². The van der Waals surface area contributed by atoms with Gasteiger partial charge in [0.2, 0.25) is 0 Å². The van der Waals surface area contributed by atoms with Gasteiger partial charge in [-0.05, 0) is 24.1 Å². The van der Waals surface area contributed by atoms with Crippen LogP contribution in [0.5, 0.6) is 0 Å². The van der Waals surface area contributed by atoms with Crippen molar-refractivity contribution in [2.45, 2.75) is 32.9 Å². The molecule has 7 nitrogen and oxygen atoms in total. The molecule has 26 heavy (non-hydrogen) atoms. The van der Waals surface area contributed by atoms with Crippen molar-refractivity contribution < 1.29 is 9.53 Å². The molecular weight excluding hydrogens is 332 g/mol. The van der Waals surface area contributed by atoms with Crippen LogP contribution in [0.3, 0.4) is 0 Å². The number of nitrogens with zero attached hydrogens (tertiary/aromatic N) is 3.